The standard InChI is InChI=1S/C20H28FN5.HI/c1-4-26(5-2)19(16-10-7-6-8-11-16)15-25-20(22-3)24-14-18-17(21)12-9-13-23-18;/h6-13,19H,4-5,14-15H2,1-3H3,(H2,22,24,25);1H. The van der Waals surface area contributed by atoms with E-state index in [1.165, 1.54) is 11.6 Å². The molecule has 2 aromatic rings. The van der Waals surface area contributed by atoms with Crippen molar-refractivity contribution in [1.29, 1.82) is 0 Å². The quantitative estimate of drug-likeness (QED) is 0.341. The Kier molecular flexibility index (Phi) is 10.9. The van der Waals surface area contributed by atoms with Gasteiger partial charge >= 0.3 is 0 Å². The fourth-order valence-corrected chi connectivity index (χ4v) is 2.93. The third-order valence-corrected chi connectivity index (χ3v) is 4.38. The molecule has 0 amide bonds. The second-order valence-electron chi connectivity index (χ2n) is 5.89. The fraction of sp³-hybridized carbons (Fsp3) is 0.400. The molecular weight excluding hydrogens is 456 g/mol. The number of hydrogen-bond acceptors (Lipinski definition) is 3. The van der Waals surface area contributed by atoms with E-state index >= 15 is 0 Å². The second-order valence-corrected chi connectivity index (χ2v) is 5.89. The molecule has 0 radical (unpaired) electrons. The molecule has 0 aliphatic rings. The lowest BCUT2D eigenvalue weighted by Gasteiger charge is -2.30. The van der Waals surface area contributed by atoms with Crippen LogP contribution in [-0.2, 0) is 6.54 Å². The number of halogens is 2. The molecular formula is C20H29FIN5. The molecule has 0 saturated heterocycles. The summed E-state index contributed by atoms with van der Waals surface area (Å²) in [6, 6.07) is 13.7. The third kappa shape index (κ3) is 7.06. The summed E-state index contributed by atoms with van der Waals surface area (Å²) in [5, 5.41) is 6.48. The van der Waals surface area contributed by atoms with Gasteiger partial charge in [-0.15, -0.1) is 24.0 Å². The Bertz CT molecular complexity index is 692. The topological polar surface area (TPSA) is 52.5 Å². The molecule has 0 aliphatic heterocycles. The van der Waals surface area contributed by atoms with Crippen molar-refractivity contribution in [1.82, 2.24) is 20.5 Å². The monoisotopic (exact) mass is 485 g/mol. The summed E-state index contributed by atoms with van der Waals surface area (Å²) >= 11 is 0. The first kappa shape index (κ1) is 23.3. The maximum absolute atomic E-state index is 13.7. The molecule has 0 bridgehead atoms. The van der Waals surface area contributed by atoms with E-state index in [-0.39, 0.29) is 42.4 Å². The van der Waals surface area contributed by atoms with Gasteiger partial charge in [0.05, 0.1) is 18.3 Å². The highest BCUT2D eigenvalue weighted by molar-refractivity contribution is 14.0. The zero-order valence-corrected chi connectivity index (χ0v) is 18.5. The van der Waals surface area contributed by atoms with Crippen molar-refractivity contribution in [3.63, 3.8) is 0 Å². The van der Waals surface area contributed by atoms with Crippen LogP contribution in [0.2, 0.25) is 0 Å². The van der Waals surface area contributed by atoms with Gasteiger partial charge in [-0.3, -0.25) is 14.9 Å². The molecule has 7 heteroatoms. The number of nitrogens with zero attached hydrogens (tertiary/aromatic N) is 3. The zero-order valence-electron chi connectivity index (χ0n) is 16.2. The van der Waals surface area contributed by atoms with Crippen LogP contribution in [0.25, 0.3) is 0 Å². The molecule has 1 atom stereocenters. The zero-order chi connectivity index (χ0) is 18.8. The number of pyridine rings is 1. The van der Waals surface area contributed by atoms with Gasteiger partial charge in [0.25, 0.3) is 0 Å². The normalized spacial score (nSPS) is 12.4. The Morgan fingerprint density at radius 2 is 1.81 bits per heavy atom. The summed E-state index contributed by atoms with van der Waals surface area (Å²) in [6.07, 6.45) is 1.59. The van der Waals surface area contributed by atoms with Crippen LogP contribution in [0.4, 0.5) is 4.39 Å². The van der Waals surface area contributed by atoms with Crippen LogP contribution in [0.5, 0.6) is 0 Å². The van der Waals surface area contributed by atoms with Crippen LogP contribution in [0.1, 0.15) is 31.1 Å². The predicted octanol–water partition coefficient (Wildman–Crippen LogP) is 3.59. The minimum absolute atomic E-state index is 0. The minimum Gasteiger partial charge on any atom is -0.354 e. The van der Waals surface area contributed by atoms with Gasteiger partial charge in [-0.25, -0.2) is 4.39 Å². The number of nitrogens with one attached hydrogen (secondary N) is 2. The van der Waals surface area contributed by atoms with Crippen LogP contribution < -0.4 is 10.6 Å². The lowest BCUT2D eigenvalue weighted by atomic mass is 10.1. The maximum Gasteiger partial charge on any atom is 0.191 e. The van der Waals surface area contributed by atoms with Crippen molar-refractivity contribution in [3.8, 4) is 0 Å². The lowest BCUT2D eigenvalue weighted by molar-refractivity contribution is 0.219. The van der Waals surface area contributed by atoms with Gasteiger partial charge in [-0.05, 0) is 30.8 Å². The van der Waals surface area contributed by atoms with E-state index in [0.717, 1.165) is 13.1 Å². The first-order chi connectivity index (χ1) is 12.7. The van der Waals surface area contributed by atoms with Crippen molar-refractivity contribution in [3.05, 3.63) is 65.7 Å². The van der Waals surface area contributed by atoms with Crippen molar-refractivity contribution >= 4 is 29.9 Å². The van der Waals surface area contributed by atoms with E-state index in [9.17, 15) is 4.39 Å². The van der Waals surface area contributed by atoms with Gasteiger partial charge in [0, 0.05) is 19.8 Å². The van der Waals surface area contributed by atoms with Crippen molar-refractivity contribution in [2.75, 3.05) is 26.7 Å². The van der Waals surface area contributed by atoms with E-state index in [1.54, 1.807) is 19.3 Å². The lowest BCUT2D eigenvalue weighted by Crippen LogP contribution is -2.43. The number of aromatic nitrogens is 1. The van der Waals surface area contributed by atoms with Crippen molar-refractivity contribution in [2.24, 2.45) is 4.99 Å². The first-order valence-electron chi connectivity index (χ1n) is 9.02. The molecule has 0 fully saturated rings. The molecule has 0 saturated carbocycles. The molecule has 0 spiro atoms. The number of guanidine groups is 1. The predicted molar refractivity (Wildman–Crippen MR) is 120 cm³/mol. The molecule has 1 aromatic heterocycles. The van der Waals surface area contributed by atoms with Gasteiger partial charge in [0.1, 0.15) is 5.82 Å². The van der Waals surface area contributed by atoms with Gasteiger partial charge in [0.15, 0.2) is 5.96 Å². The van der Waals surface area contributed by atoms with Gasteiger partial charge in [0.2, 0.25) is 0 Å². The van der Waals surface area contributed by atoms with Crippen LogP contribution >= 0.6 is 24.0 Å². The third-order valence-electron chi connectivity index (χ3n) is 4.38. The molecule has 2 N–H and O–H groups in total. The number of likely N-dealkylation sites (N-methyl/N-ethyl adjacent to an activating group) is 1. The molecule has 27 heavy (non-hydrogen) atoms. The van der Waals surface area contributed by atoms with Crippen LogP contribution in [0, 0.1) is 5.82 Å². The fourth-order valence-electron chi connectivity index (χ4n) is 2.93. The highest BCUT2D eigenvalue weighted by Crippen LogP contribution is 2.19. The Morgan fingerprint density at radius 3 is 2.41 bits per heavy atom. The van der Waals surface area contributed by atoms with E-state index in [2.05, 4.69) is 63.6 Å². The average molecular weight is 485 g/mol. The molecule has 0 aliphatic carbocycles. The molecule has 5 nitrogen and oxygen atoms in total. The average Bonchev–Trinajstić information content (AvgIpc) is 2.69. The van der Waals surface area contributed by atoms with Gasteiger partial charge in [-0.1, -0.05) is 44.2 Å². The smallest absolute Gasteiger partial charge is 0.191 e. The first-order valence-corrected chi connectivity index (χ1v) is 9.02. The number of benzene rings is 1. The Hall–Kier alpha value is -1.74. The largest absolute Gasteiger partial charge is 0.354 e. The van der Waals surface area contributed by atoms with E-state index in [4.69, 9.17) is 0 Å². The van der Waals surface area contributed by atoms with E-state index in [1.807, 2.05) is 6.07 Å². The molecule has 2 rings (SSSR count). The number of aliphatic imine (C=N–C) groups is 1. The Balaban J connectivity index is 0.00000364. The summed E-state index contributed by atoms with van der Waals surface area (Å²) in [5.41, 5.74) is 1.63. The van der Waals surface area contributed by atoms with E-state index in [0.29, 0.717) is 18.2 Å². The Morgan fingerprint density at radius 1 is 1.11 bits per heavy atom. The summed E-state index contributed by atoms with van der Waals surface area (Å²) in [6.45, 7) is 7.24. The van der Waals surface area contributed by atoms with Crippen LogP contribution in [-0.4, -0.2) is 42.5 Å². The van der Waals surface area contributed by atoms with Gasteiger partial charge < -0.3 is 10.6 Å². The number of rotatable bonds is 8. The molecule has 1 heterocycles. The summed E-state index contributed by atoms with van der Waals surface area (Å²) in [5.74, 6) is 0.309. The van der Waals surface area contributed by atoms with Gasteiger partial charge in [-0.2, -0.15) is 0 Å². The Labute approximate surface area is 178 Å². The summed E-state index contributed by atoms with van der Waals surface area (Å²) in [4.78, 5) is 10.7. The summed E-state index contributed by atoms with van der Waals surface area (Å²) in [7, 11) is 1.71. The van der Waals surface area contributed by atoms with E-state index < -0.39 is 0 Å². The van der Waals surface area contributed by atoms with Crippen LogP contribution in [0.3, 0.4) is 0 Å². The van der Waals surface area contributed by atoms with Crippen molar-refractivity contribution in [2.45, 2.75) is 26.4 Å². The molecule has 148 valence electrons. The second kappa shape index (κ2) is 12.6. The SMILES string of the molecule is CCN(CC)C(CNC(=NC)NCc1ncccc1F)c1ccccc1.I. The highest BCUT2D eigenvalue weighted by Gasteiger charge is 2.18. The summed E-state index contributed by atoms with van der Waals surface area (Å²) < 4.78 is 13.7. The highest BCUT2D eigenvalue weighted by atomic mass is 127. The molecule has 1 unspecified atom stereocenters. The molecule has 1 aromatic carbocycles. The van der Waals surface area contributed by atoms with Crippen LogP contribution in [0.15, 0.2) is 53.7 Å². The number of hydrogen-bond donors (Lipinski definition) is 2. The van der Waals surface area contributed by atoms with Crippen molar-refractivity contribution < 1.29 is 4.39 Å². The minimum atomic E-state index is -0.319. The maximum atomic E-state index is 13.7.